The molecule has 0 radical (unpaired) electrons. The molecule has 4 heteroatoms. The number of carbonyl (C=O) groups excluding carboxylic acids is 1. The predicted molar refractivity (Wildman–Crippen MR) is 80.9 cm³/mol. The zero-order valence-electron chi connectivity index (χ0n) is 11.3. The molecule has 1 atom stereocenters. The minimum Gasteiger partial charge on any atom is -0.350 e. The largest absolute Gasteiger partial charge is 0.350 e. The maximum atomic E-state index is 12.1. The van der Waals surface area contributed by atoms with Crippen LogP contribution in [0.25, 0.3) is 0 Å². The molecule has 1 heterocycles. The Morgan fingerprint density at radius 1 is 1.42 bits per heavy atom. The Hall–Kier alpha value is -0.870. The van der Waals surface area contributed by atoms with Crippen molar-refractivity contribution >= 4 is 21.8 Å². The van der Waals surface area contributed by atoms with Gasteiger partial charge in [0.05, 0.1) is 6.04 Å². The van der Waals surface area contributed by atoms with E-state index < -0.39 is 0 Å². The SMILES string of the molecule is C[C@@H](NC(=O)CC1CCNCC1)c1ccccc1Br. The van der Waals surface area contributed by atoms with Crippen molar-refractivity contribution in [3.05, 3.63) is 34.3 Å². The van der Waals surface area contributed by atoms with Crippen LogP contribution in [0.15, 0.2) is 28.7 Å². The van der Waals surface area contributed by atoms with Crippen LogP contribution in [0.1, 0.15) is 37.8 Å². The average molecular weight is 325 g/mol. The summed E-state index contributed by atoms with van der Waals surface area (Å²) in [4.78, 5) is 12.1. The van der Waals surface area contributed by atoms with Crippen LogP contribution >= 0.6 is 15.9 Å². The number of piperidine rings is 1. The van der Waals surface area contributed by atoms with Gasteiger partial charge in [-0.1, -0.05) is 34.1 Å². The van der Waals surface area contributed by atoms with Gasteiger partial charge in [-0.25, -0.2) is 0 Å². The summed E-state index contributed by atoms with van der Waals surface area (Å²) in [7, 11) is 0. The third-order valence-corrected chi connectivity index (χ3v) is 4.40. The topological polar surface area (TPSA) is 41.1 Å². The van der Waals surface area contributed by atoms with Crippen molar-refractivity contribution in [2.45, 2.75) is 32.2 Å². The van der Waals surface area contributed by atoms with Gasteiger partial charge in [0.2, 0.25) is 5.91 Å². The first-order chi connectivity index (χ1) is 9.16. The van der Waals surface area contributed by atoms with Crippen molar-refractivity contribution in [1.29, 1.82) is 0 Å². The Bertz CT molecular complexity index is 430. The number of amides is 1. The fourth-order valence-electron chi connectivity index (χ4n) is 2.55. The van der Waals surface area contributed by atoms with E-state index >= 15 is 0 Å². The minimum absolute atomic E-state index is 0.0461. The molecule has 1 aliphatic heterocycles. The van der Waals surface area contributed by atoms with Crippen molar-refractivity contribution in [1.82, 2.24) is 10.6 Å². The average Bonchev–Trinajstić information content (AvgIpc) is 2.40. The summed E-state index contributed by atoms with van der Waals surface area (Å²) in [6, 6.07) is 8.07. The molecule has 19 heavy (non-hydrogen) atoms. The van der Waals surface area contributed by atoms with E-state index in [0.29, 0.717) is 12.3 Å². The molecule has 0 unspecified atom stereocenters. The van der Waals surface area contributed by atoms with Crippen molar-refractivity contribution in [3.63, 3.8) is 0 Å². The van der Waals surface area contributed by atoms with Gasteiger partial charge in [0.25, 0.3) is 0 Å². The second-order valence-corrected chi connectivity index (χ2v) is 6.06. The maximum Gasteiger partial charge on any atom is 0.220 e. The molecule has 0 aromatic heterocycles. The van der Waals surface area contributed by atoms with E-state index in [1.807, 2.05) is 31.2 Å². The molecule has 2 N–H and O–H groups in total. The molecular weight excluding hydrogens is 304 g/mol. The minimum atomic E-state index is 0.0461. The van der Waals surface area contributed by atoms with E-state index in [2.05, 4.69) is 26.6 Å². The summed E-state index contributed by atoms with van der Waals surface area (Å²) < 4.78 is 1.05. The first-order valence-electron chi connectivity index (χ1n) is 6.91. The molecule has 0 bridgehead atoms. The van der Waals surface area contributed by atoms with E-state index in [1.54, 1.807) is 0 Å². The normalized spacial score (nSPS) is 18.0. The molecule has 1 amide bonds. The van der Waals surface area contributed by atoms with Gasteiger partial charge in [-0.15, -0.1) is 0 Å². The van der Waals surface area contributed by atoms with E-state index in [0.717, 1.165) is 36.0 Å². The number of benzene rings is 1. The number of rotatable bonds is 4. The Morgan fingerprint density at radius 3 is 2.79 bits per heavy atom. The summed E-state index contributed by atoms with van der Waals surface area (Å²) in [5.41, 5.74) is 1.13. The Labute approximate surface area is 123 Å². The number of hydrogen-bond acceptors (Lipinski definition) is 2. The van der Waals surface area contributed by atoms with Crippen molar-refractivity contribution in [2.24, 2.45) is 5.92 Å². The smallest absolute Gasteiger partial charge is 0.220 e. The van der Waals surface area contributed by atoms with Crippen molar-refractivity contribution < 1.29 is 4.79 Å². The highest BCUT2D eigenvalue weighted by Gasteiger charge is 2.18. The maximum absolute atomic E-state index is 12.1. The van der Waals surface area contributed by atoms with Crippen molar-refractivity contribution in [3.8, 4) is 0 Å². The summed E-state index contributed by atoms with van der Waals surface area (Å²) in [5, 5.41) is 6.42. The van der Waals surface area contributed by atoms with Crippen LogP contribution < -0.4 is 10.6 Å². The lowest BCUT2D eigenvalue weighted by atomic mass is 9.94. The van der Waals surface area contributed by atoms with Crippen LogP contribution in [0.5, 0.6) is 0 Å². The molecule has 1 saturated heterocycles. The Balaban J connectivity index is 1.86. The van der Waals surface area contributed by atoms with E-state index in [9.17, 15) is 4.79 Å². The van der Waals surface area contributed by atoms with E-state index in [-0.39, 0.29) is 11.9 Å². The molecule has 1 aromatic rings. The predicted octanol–water partition coefficient (Wildman–Crippen LogP) is 3.02. The van der Waals surface area contributed by atoms with Crippen LogP contribution in [0.2, 0.25) is 0 Å². The fourth-order valence-corrected chi connectivity index (χ4v) is 3.18. The third kappa shape index (κ3) is 4.32. The fraction of sp³-hybridized carbons (Fsp3) is 0.533. The first-order valence-corrected chi connectivity index (χ1v) is 7.70. The molecule has 0 saturated carbocycles. The van der Waals surface area contributed by atoms with Gasteiger partial charge in [0.1, 0.15) is 0 Å². The Morgan fingerprint density at radius 2 is 2.11 bits per heavy atom. The standard InChI is InChI=1S/C15H21BrN2O/c1-11(13-4-2-3-5-14(13)16)18-15(19)10-12-6-8-17-9-7-12/h2-5,11-12,17H,6-10H2,1H3,(H,18,19)/t11-/m1/s1. The second kappa shape index (κ2) is 7.06. The molecular formula is C15H21BrN2O. The van der Waals surface area contributed by atoms with Gasteiger partial charge < -0.3 is 10.6 Å². The summed E-state index contributed by atoms with van der Waals surface area (Å²) in [5.74, 6) is 0.697. The van der Waals surface area contributed by atoms with Gasteiger partial charge in [0, 0.05) is 10.9 Å². The molecule has 2 rings (SSSR count). The summed E-state index contributed by atoms with van der Waals surface area (Å²) >= 11 is 3.53. The molecule has 1 aliphatic rings. The number of halogens is 1. The van der Waals surface area contributed by atoms with Crippen LogP contribution in [-0.4, -0.2) is 19.0 Å². The summed E-state index contributed by atoms with van der Waals surface area (Å²) in [6.07, 6.45) is 2.87. The van der Waals surface area contributed by atoms with Crippen molar-refractivity contribution in [2.75, 3.05) is 13.1 Å². The second-order valence-electron chi connectivity index (χ2n) is 5.21. The Kier molecular flexibility index (Phi) is 5.40. The quantitative estimate of drug-likeness (QED) is 0.893. The van der Waals surface area contributed by atoms with Crippen LogP contribution in [0.3, 0.4) is 0 Å². The van der Waals surface area contributed by atoms with E-state index in [4.69, 9.17) is 0 Å². The van der Waals surface area contributed by atoms with E-state index in [1.165, 1.54) is 0 Å². The number of carbonyl (C=O) groups is 1. The lowest BCUT2D eigenvalue weighted by Crippen LogP contribution is -2.33. The molecule has 104 valence electrons. The van der Waals surface area contributed by atoms with Gasteiger partial charge in [0.15, 0.2) is 0 Å². The number of nitrogens with one attached hydrogen (secondary N) is 2. The lowest BCUT2D eigenvalue weighted by molar-refractivity contribution is -0.122. The number of hydrogen-bond donors (Lipinski definition) is 2. The van der Waals surface area contributed by atoms with Crippen LogP contribution in [-0.2, 0) is 4.79 Å². The lowest BCUT2D eigenvalue weighted by Gasteiger charge is -2.23. The van der Waals surface area contributed by atoms with Crippen LogP contribution in [0, 0.1) is 5.92 Å². The third-order valence-electron chi connectivity index (χ3n) is 3.68. The zero-order chi connectivity index (χ0) is 13.7. The molecule has 0 spiro atoms. The summed E-state index contributed by atoms with van der Waals surface area (Å²) in [6.45, 7) is 4.11. The highest BCUT2D eigenvalue weighted by Crippen LogP contribution is 2.23. The van der Waals surface area contributed by atoms with Gasteiger partial charge in [-0.05, 0) is 50.4 Å². The molecule has 1 fully saturated rings. The zero-order valence-corrected chi connectivity index (χ0v) is 12.9. The molecule has 0 aliphatic carbocycles. The molecule has 3 nitrogen and oxygen atoms in total. The van der Waals surface area contributed by atoms with Gasteiger partial charge in [-0.3, -0.25) is 4.79 Å². The monoisotopic (exact) mass is 324 g/mol. The van der Waals surface area contributed by atoms with Crippen LogP contribution in [0.4, 0.5) is 0 Å². The molecule has 1 aromatic carbocycles. The first kappa shape index (κ1) is 14.5. The van der Waals surface area contributed by atoms with Gasteiger partial charge >= 0.3 is 0 Å². The van der Waals surface area contributed by atoms with Gasteiger partial charge in [-0.2, -0.15) is 0 Å². The highest BCUT2D eigenvalue weighted by atomic mass is 79.9. The highest BCUT2D eigenvalue weighted by molar-refractivity contribution is 9.10.